The maximum Gasteiger partial charge on any atom is 0.161 e. The van der Waals surface area contributed by atoms with E-state index in [-0.39, 0.29) is 5.78 Å². The summed E-state index contributed by atoms with van der Waals surface area (Å²) in [4.78, 5) is 11.3. The number of nitrogen functional groups attached to an aromatic ring is 1. The molecule has 0 aliphatic carbocycles. The van der Waals surface area contributed by atoms with Crippen molar-refractivity contribution in [1.82, 2.24) is 0 Å². The number of ether oxygens (including phenoxy) is 1. The van der Waals surface area contributed by atoms with Gasteiger partial charge in [-0.1, -0.05) is 6.92 Å². The molecule has 0 spiro atoms. The third-order valence-electron chi connectivity index (χ3n) is 2.54. The Hall–Kier alpha value is -1.55. The maximum absolute atomic E-state index is 11.3. The summed E-state index contributed by atoms with van der Waals surface area (Å²) in [6.07, 6.45) is 0. The number of hydrogen-bond acceptors (Lipinski definition) is 4. The zero-order valence-electron chi connectivity index (χ0n) is 10.6. The van der Waals surface area contributed by atoms with Crippen LogP contribution >= 0.6 is 0 Å². The van der Waals surface area contributed by atoms with E-state index in [0.717, 1.165) is 12.2 Å². The van der Waals surface area contributed by atoms with Crippen molar-refractivity contribution in [2.24, 2.45) is 5.92 Å². The summed E-state index contributed by atoms with van der Waals surface area (Å²) >= 11 is 0. The summed E-state index contributed by atoms with van der Waals surface area (Å²) in [5.74, 6) is 0.398. The molecular formula is C13H20N2O2. The van der Waals surface area contributed by atoms with Gasteiger partial charge in [-0.05, 0) is 31.0 Å². The van der Waals surface area contributed by atoms with Gasteiger partial charge in [-0.2, -0.15) is 0 Å². The second-order valence-corrected chi connectivity index (χ2v) is 4.30. The van der Waals surface area contributed by atoms with Gasteiger partial charge < -0.3 is 15.8 Å². The van der Waals surface area contributed by atoms with Crippen molar-refractivity contribution < 1.29 is 9.53 Å². The van der Waals surface area contributed by atoms with Gasteiger partial charge in [-0.3, -0.25) is 4.79 Å². The normalized spacial score (nSPS) is 12.2. The van der Waals surface area contributed by atoms with Crippen LogP contribution in [0.4, 0.5) is 11.4 Å². The molecular weight excluding hydrogens is 216 g/mol. The molecule has 4 heteroatoms. The average molecular weight is 236 g/mol. The lowest BCUT2D eigenvalue weighted by molar-refractivity contribution is 0.101. The molecule has 0 bridgehead atoms. The minimum Gasteiger partial charge on any atom is -0.398 e. The number of methoxy groups -OCH3 is 1. The van der Waals surface area contributed by atoms with Crippen LogP contribution in [0.25, 0.3) is 0 Å². The number of hydrogen-bond donors (Lipinski definition) is 2. The van der Waals surface area contributed by atoms with Crippen molar-refractivity contribution in [1.29, 1.82) is 0 Å². The van der Waals surface area contributed by atoms with Gasteiger partial charge in [0, 0.05) is 30.6 Å². The molecule has 1 unspecified atom stereocenters. The molecule has 0 aliphatic heterocycles. The number of rotatable bonds is 6. The van der Waals surface area contributed by atoms with E-state index in [4.69, 9.17) is 10.5 Å². The van der Waals surface area contributed by atoms with Crippen LogP contribution in [0.1, 0.15) is 24.2 Å². The number of carbonyl (C=O) groups is 1. The van der Waals surface area contributed by atoms with Crippen LogP contribution in [0.5, 0.6) is 0 Å². The Labute approximate surface area is 102 Å². The monoisotopic (exact) mass is 236 g/mol. The van der Waals surface area contributed by atoms with Gasteiger partial charge in [0.25, 0.3) is 0 Å². The molecule has 1 aromatic carbocycles. The molecule has 0 fully saturated rings. The lowest BCUT2D eigenvalue weighted by Gasteiger charge is -2.13. The number of anilines is 2. The van der Waals surface area contributed by atoms with Crippen molar-refractivity contribution in [2.75, 3.05) is 31.3 Å². The molecule has 0 radical (unpaired) electrons. The first-order chi connectivity index (χ1) is 8.04. The smallest absolute Gasteiger partial charge is 0.161 e. The summed E-state index contributed by atoms with van der Waals surface area (Å²) in [6, 6.07) is 5.42. The Kier molecular flexibility index (Phi) is 4.97. The molecule has 0 saturated heterocycles. The number of Topliss-reactive ketones (excluding diaryl/α,β-unsaturated/α-hetero) is 1. The number of carbonyl (C=O) groups excluding carboxylic acids is 1. The van der Waals surface area contributed by atoms with E-state index >= 15 is 0 Å². The van der Waals surface area contributed by atoms with E-state index in [2.05, 4.69) is 12.2 Å². The molecule has 4 nitrogen and oxygen atoms in total. The van der Waals surface area contributed by atoms with Crippen LogP contribution < -0.4 is 11.1 Å². The van der Waals surface area contributed by atoms with Gasteiger partial charge in [0.15, 0.2) is 5.78 Å². The summed E-state index contributed by atoms with van der Waals surface area (Å²) in [6.45, 7) is 5.12. The lowest BCUT2D eigenvalue weighted by Crippen LogP contribution is -2.16. The van der Waals surface area contributed by atoms with E-state index in [1.54, 1.807) is 19.2 Å². The van der Waals surface area contributed by atoms with E-state index in [1.807, 2.05) is 6.07 Å². The number of ketones is 1. The fourth-order valence-corrected chi connectivity index (χ4v) is 1.61. The fourth-order valence-electron chi connectivity index (χ4n) is 1.61. The first-order valence-electron chi connectivity index (χ1n) is 5.68. The molecule has 3 N–H and O–H groups in total. The third kappa shape index (κ3) is 4.07. The molecule has 1 aromatic rings. The maximum atomic E-state index is 11.3. The molecule has 1 atom stereocenters. The SMILES string of the molecule is COCC(C)CNc1ccc(N)c(C(C)=O)c1. The third-order valence-corrected chi connectivity index (χ3v) is 2.54. The average Bonchev–Trinajstić information content (AvgIpc) is 2.28. The minimum absolute atomic E-state index is 0.0175. The highest BCUT2D eigenvalue weighted by molar-refractivity contribution is 5.99. The molecule has 0 saturated carbocycles. The lowest BCUT2D eigenvalue weighted by atomic mass is 10.1. The fraction of sp³-hybridized carbons (Fsp3) is 0.462. The predicted octanol–water partition coefficient (Wildman–Crippen LogP) is 2.17. The van der Waals surface area contributed by atoms with Crippen LogP contribution in [0, 0.1) is 5.92 Å². The van der Waals surface area contributed by atoms with Crippen LogP contribution in [-0.2, 0) is 4.74 Å². The predicted molar refractivity (Wildman–Crippen MR) is 70.4 cm³/mol. The molecule has 0 aliphatic rings. The second kappa shape index (κ2) is 6.25. The summed E-state index contributed by atoms with van der Waals surface area (Å²) in [7, 11) is 1.69. The van der Waals surface area contributed by atoms with Crippen molar-refractivity contribution in [3.05, 3.63) is 23.8 Å². The highest BCUT2D eigenvalue weighted by atomic mass is 16.5. The summed E-state index contributed by atoms with van der Waals surface area (Å²) in [5, 5.41) is 3.26. The molecule has 0 amide bonds. The van der Waals surface area contributed by atoms with Crippen LogP contribution in [0.2, 0.25) is 0 Å². The van der Waals surface area contributed by atoms with E-state index in [1.165, 1.54) is 6.92 Å². The molecule has 17 heavy (non-hydrogen) atoms. The number of nitrogens with two attached hydrogens (primary N) is 1. The van der Waals surface area contributed by atoms with Crippen LogP contribution in [0.3, 0.4) is 0 Å². The van der Waals surface area contributed by atoms with Gasteiger partial charge in [-0.25, -0.2) is 0 Å². The van der Waals surface area contributed by atoms with E-state index in [0.29, 0.717) is 23.8 Å². The summed E-state index contributed by atoms with van der Waals surface area (Å²) < 4.78 is 5.06. The molecule has 0 aromatic heterocycles. The Bertz CT molecular complexity index is 391. The Morgan fingerprint density at radius 3 is 2.82 bits per heavy atom. The molecule has 94 valence electrons. The number of nitrogens with one attached hydrogen (secondary N) is 1. The molecule has 1 rings (SSSR count). The van der Waals surface area contributed by atoms with Gasteiger partial charge >= 0.3 is 0 Å². The van der Waals surface area contributed by atoms with Gasteiger partial charge in [0.05, 0.1) is 6.61 Å². The topological polar surface area (TPSA) is 64.3 Å². The largest absolute Gasteiger partial charge is 0.398 e. The van der Waals surface area contributed by atoms with Crippen LogP contribution in [0.15, 0.2) is 18.2 Å². The first kappa shape index (κ1) is 13.5. The van der Waals surface area contributed by atoms with Gasteiger partial charge in [-0.15, -0.1) is 0 Å². The highest BCUT2D eigenvalue weighted by Gasteiger charge is 2.06. The Balaban J connectivity index is 2.66. The first-order valence-corrected chi connectivity index (χ1v) is 5.68. The van der Waals surface area contributed by atoms with Crippen molar-refractivity contribution in [3.8, 4) is 0 Å². The van der Waals surface area contributed by atoms with E-state index < -0.39 is 0 Å². The zero-order chi connectivity index (χ0) is 12.8. The highest BCUT2D eigenvalue weighted by Crippen LogP contribution is 2.18. The minimum atomic E-state index is -0.0175. The van der Waals surface area contributed by atoms with Crippen molar-refractivity contribution in [2.45, 2.75) is 13.8 Å². The van der Waals surface area contributed by atoms with Crippen LogP contribution in [-0.4, -0.2) is 26.0 Å². The second-order valence-electron chi connectivity index (χ2n) is 4.30. The summed E-state index contributed by atoms with van der Waals surface area (Å²) in [5.41, 5.74) is 7.72. The quantitative estimate of drug-likeness (QED) is 0.587. The van der Waals surface area contributed by atoms with Crippen molar-refractivity contribution >= 4 is 17.2 Å². The van der Waals surface area contributed by atoms with Gasteiger partial charge in [0.2, 0.25) is 0 Å². The van der Waals surface area contributed by atoms with Gasteiger partial charge in [0.1, 0.15) is 0 Å². The van der Waals surface area contributed by atoms with E-state index in [9.17, 15) is 4.79 Å². The number of benzene rings is 1. The Morgan fingerprint density at radius 2 is 2.24 bits per heavy atom. The molecule has 0 heterocycles. The Morgan fingerprint density at radius 1 is 1.53 bits per heavy atom. The standard InChI is InChI=1S/C13H20N2O2/c1-9(8-17-3)7-15-11-4-5-13(14)12(6-11)10(2)16/h4-6,9,15H,7-8,14H2,1-3H3. The zero-order valence-corrected chi connectivity index (χ0v) is 10.6. The van der Waals surface area contributed by atoms with Crippen molar-refractivity contribution in [3.63, 3.8) is 0 Å².